The van der Waals surface area contributed by atoms with Crippen LogP contribution in [0, 0.1) is 0 Å². The highest BCUT2D eigenvalue weighted by molar-refractivity contribution is 5.96. The van der Waals surface area contributed by atoms with Crippen LogP contribution in [0.5, 0.6) is 0 Å². The first-order chi connectivity index (χ1) is 12.9. The van der Waals surface area contributed by atoms with E-state index in [1.165, 1.54) is 35.9 Å². The van der Waals surface area contributed by atoms with Gasteiger partial charge in [0.15, 0.2) is 6.10 Å². The van der Waals surface area contributed by atoms with Crippen LogP contribution in [-0.4, -0.2) is 38.9 Å². The number of anilines is 1. The lowest BCUT2D eigenvalue weighted by atomic mass is 10.2. The first kappa shape index (κ1) is 18.1. The third kappa shape index (κ3) is 4.27. The molecule has 1 heterocycles. The summed E-state index contributed by atoms with van der Waals surface area (Å²) in [6.45, 7) is 1.30. The largest absolute Gasteiger partial charge is 0.451 e. The number of amides is 2. The Balaban J connectivity index is 1.57. The van der Waals surface area contributed by atoms with E-state index in [0.717, 1.165) is 0 Å². The fourth-order valence-electron chi connectivity index (χ4n) is 2.41. The van der Waals surface area contributed by atoms with E-state index < -0.39 is 23.9 Å². The molecule has 3 aromatic rings. The number of primary amides is 1. The van der Waals surface area contributed by atoms with Crippen molar-refractivity contribution in [3.63, 3.8) is 0 Å². The van der Waals surface area contributed by atoms with Crippen LogP contribution in [0.2, 0.25) is 0 Å². The van der Waals surface area contributed by atoms with Gasteiger partial charge in [-0.25, -0.2) is 4.68 Å². The molecule has 0 aliphatic rings. The molecule has 0 radical (unpaired) electrons. The number of nitrogens with two attached hydrogens (primary N) is 1. The van der Waals surface area contributed by atoms with Crippen molar-refractivity contribution < 1.29 is 19.1 Å². The Bertz CT molecular complexity index is 996. The normalized spacial score (nSPS) is 11.7. The average molecular weight is 367 g/mol. The summed E-state index contributed by atoms with van der Waals surface area (Å²) >= 11 is 0. The molecule has 2 amide bonds. The van der Waals surface area contributed by atoms with Crippen LogP contribution in [0.25, 0.3) is 11.0 Å². The van der Waals surface area contributed by atoms with Crippen molar-refractivity contribution in [2.24, 2.45) is 5.73 Å². The molecule has 3 rings (SSSR count). The monoisotopic (exact) mass is 367 g/mol. The maximum absolute atomic E-state index is 12.2. The molecule has 0 saturated heterocycles. The number of benzene rings is 2. The summed E-state index contributed by atoms with van der Waals surface area (Å²) in [6, 6.07) is 13.3. The Labute approximate surface area is 154 Å². The summed E-state index contributed by atoms with van der Waals surface area (Å²) in [5.41, 5.74) is 7.30. The van der Waals surface area contributed by atoms with Crippen LogP contribution in [0.3, 0.4) is 0 Å². The van der Waals surface area contributed by atoms with Gasteiger partial charge in [0.1, 0.15) is 12.1 Å². The van der Waals surface area contributed by atoms with Crippen molar-refractivity contribution in [3.05, 3.63) is 54.1 Å². The lowest BCUT2D eigenvalue weighted by Gasteiger charge is -2.13. The topological polar surface area (TPSA) is 129 Å². The Morgan fingerprint density at radius 3 is 2.56 bits per heavy atom. The smallest absolute Gasteiger partial charge is 0.328 e. The SMILES string of the molecule is C[C@H](OC(=O)Cn1nnc2ccccc21)C(=O)Nc1ccc(C(N)=O)cc1. The van der Waals surface area contributed by atoms with Gasteiger partial charge < -0.3 is 15.8 Å². The number of nitrogens with one attached hydrogen (secondary N) is 1. The van der Waals surface area contributed by atoms with Crippen molar-refractivity contribution in [1.29, 1.82) is 0 Å². The first-order valence-electron chi connectivity index (χ1n) is 8.12. The highest BCUT2D eigenvalue weighted by Gasteiger charge is 2.19. The van der Waals surface area contributed by atoms with Crippen LogP contribution in [0.15, 0.2) is 48.5 Å². The number of hydrogen-bond acceptors (Lipinski definition) is 6. The van der Waals surface area contributed by atoms with E-state index in [1.807, 2.05) is 12.1 Å². The minimum absolute atomic E-state index is 0.161. The van der Waals surface area contributed by atoms with Crippen LogP contribution >= 0.6 is 0 Å². The second-order valence-corrected chi connectivity index (χ2v) is 5.80. The van der Waals surface area contributed by atoms with E-state index in [2.05, 4.69) is 15.6 Å². The molecule has 138 valence electrons. The Kier molecular flexibility index (Phi) is 5.11. The van der Waals surface area contributed by atoms with Gasteiger partial charge in [0.05, 0.1) is 5.52 Å². The average Bonchev–Trinajstić information content (AvgIpc) is 3.05. The molecule has 9 heteroatoms. The third-order valence-electron chi connectivity index (χ3n) is 3.81. The Morgan fingerprint density at radius 1 is 1.15 bits per heavy atom. The minimum Gasteiger partial charge on any atom is -0.451 e. The molecule has 0 fully saturated rings. The second-order valence-electron chi connectivity index (χ2n) is 5.80. The molecule has 27 heavy (non-hydrogen) atoms. The number of esters is 1. The maximum atomic E-state index is 12.2. The molecule has 1 aromatic heterocycles. The Hall–Kier alpha value is -3.75. The standard InChI is InChI=1S/C18H17N5O4/c1-11(18(26)20-13-8-6-12(7-9-13)17(19)25)27-16(24)10-23-15-5-3-2-4-14(15)21-22-23/h2-9,11H,10H2,1H3,(H2,19,25)(H,20,26)/t11-/m0/s1. The van der Waals surface area contributed by atoms with Gasteiger partial charge in [-0.05, 0) is 43.3 Å². The lowest BCUT2D eigenvalue weighted by Crippen LogP contribution is -2.31. The van der Waals surface area contributed by atoms with Gasteiger partial charge in [0, 0.05) is 11.3 Å². The van der Waals surface area contributed by atoms with Gasteiger partial charge in [0.2, 0.25) is 5.91 Å². The molecule has 0 unspecified atom stereocenters. The van der Waals surface area contributed by atoms with E-state index in [0.29, 0.717) is 22.3 Å². The number of para-hydroxylation sites is 1. The molecule has 0 aliphatic heterocycles. The van der Waals surface area contributed by atoms with Gasteiger partial charge in [-0.3, -0.25) is 14.4 Å². The van der Waals surface area contributed by atoms with Crippen LogP contribution in [-0.2, 0) is 20.9 Å². The summed E-state index contributed by atoms with van der Waals surface area (Å²) in [4.78, 5) is 35.3. The summed E-state index contributed by atoms with van der Waals surface area (Å²) in [6.07, 6.45) is -1.01. The number of hydrogen-bond donors (Lipinski definition) is 2. The van der Waals surface area contributed by atoms with Gasteiger partial charge in [-0.2, -0.15) is 0 Å². The molecule has 2 aromatic carbocycles. The fourth-order valence-corrected chi connectivity index (χ4v) is 2.41. The van der Waals surface area contributed by atoms with E-state index >= 15 is 0 Å². The van der Waals surface area contributed by atoms with Crippen molar-refractivity contribution in [3.8, 4) is 0 Å². The lowest BCUT2D eigenvalue weighted by molar-refractivity contribution is -0.153. The minimum atomic E-state index is -1.01. The number of nitrogens with zero attached hydrogens (tertiary/aromatic N) is 3. The zero-order valence-electron chi connectivity index (χ0n) is 14.5. The maximum Gasteiger partial charge on any atom is 0.328 e. The van der Waals surface area contributed by atoms with Gasteiger partial charge in [-0.15, -0.1) is 5.10 Å². The molecular formula is C18H17N5O4. The summed E-state index contributed by atoms with van der Waals surface area (Å²) in [7, 11) is 0. The highest BCUT2D eigenvalue weighted by Crippen LogP contribution is 2.12. The predicted molar refractivity (Wildman–Crippen MR) is 96.7 cm³/mol. The fraction of sp³-hybridized carbons (Fsp3) is 0.167. The van der Waals surface area contributed by atoms with E-state index in [-0.39, 0.29) is 6.54 Å². The number of fused-ring (bicyclic) bond motifs is 1. The van der Waals surface area contributed by atoms with Crippen LogP contribution in [0.4, 0.5) is 5.69 Å². The number of carbonyl (C=O) groups excluding carboxylic acids is 3. The predicted octanol–water partition coefficient (Wildman–Crippen LogP) is 1.10. The first-order valence-corrected chi connectivity index (χ1v) is 8.12. The zero-order valence-corrected chi connectivity index (χ0v) is 14.5. The van der Waals surface area contributed by atoms with E-state index in [4.69, 9.17) is 10.5 Å². The van der Waals surface area contributed by atoms with Crippen molar-refractivity contribution >= 4 is 34.5 Å². The summed E-state index contributed by atoms with van der Waals surface area (Å²) < 4.78 is 6.56. The quantitative estimate of drug-likeness (QED) is 0.628. The number of aromatic nitrogens is 3. The molecule has 0 aliphatic carbocycles. The molecule has 1 atom stereocenters. The van der Waals surface area contributed by atoms with Crippen molar-refractivity contribution in [1.82, 2.24) is 15.0 Å². The zero-order chi connectivity index (χ0) is 19.4. The third-order valence-corrected chi connectivity index (χ3v) is 3.81. The van der Waals surface area contributed by atoms with E-state index in [9.17, 15) is 14.4 Å². The molecular weight excluding hydrogens is 350 g/mol. The summed E-state index contributed by atoms with van der Waals surface area (Å²) in [5.74, 6) is -1.67. The van der Waals surface area contributed by atoms with Crippen molar-refractivity contribution in [2.45, 2.75) is 19.6 Å². The Morgan fingerprint density at radius 2 is 1.85 bits per heavy atom. The molecule has 9 nitrogen and oxygen atoms in total. The number of carbonyl (C=O) groups is 3. The van der Waals surface area contributed by atoms with Crippen LogP contribution in [0.1, 0.15) is 17.3 Å². The van der Waals surface area contributed by atoms with Crippen LogP contribution < -0.4 is 11.1 Å². The molecule has 0 saturated carbocycles. The molecule has 0 spiro atoms. The van der Waals surface area contributed by atoms with Gasteiger partial charge >= 0.3 is 5.97 Å². The highest BCUT2D eigenvalue weighted by atomic mass is 16.5. The number of rotatable bonds is 6. The van der Waals surface area contributed by atoms with Gasteiger partial charge in [-0.1, -0.05) is 17.3 Å². The molecule has 3 N–H and O–H groups in total. The van der Waals surface area contributed by atoms with Gasteiger partial charge in [0.25, 0.3) is 5.91 Å². The van der Waals surface area contributed by atoms with E-state index in [1.54, 1.807) is 12.1 Å². The number of ether oxygens (including phenoxy) is 1. The molecule has 0 bridgehead atoms. The second kappa shape index (κ2) is 7.65. The summed E-state index contributed by atoms with van der Waals surface area (Å²) in [5, 5.41) is 10.5. The van der Waals surface area contributed by atoms with Crippen molar-refractivity contribution in [2.75, 3.05) is 5.32 Å².